The van der Waals surface area contributed by atoms with E-state index in [1.807, 2.05) is 17.5 Å². The van der Waals surface area contributed by atoms with Crippen molar-refractivity contribution in [3.8, 4) is 0 Å². The van der Waals surface area contributed by atoms with E-state index >= 15 is 0 Å². The third-order valence-corrected chi connectivity index (χ3v) is 5.75. The van der Waals surface area contributed by atoms with Gasteiger partial charge < -0.3 is 10.0 Å². The largest absolute Gasteiger partial charge is 0.507 e. The molecule has 7 heteroatoms. The quantitative estimate of drug-likeness (QED) is 0.392. The number of hydrogen-bond donors (Lipinski definition) is 1. The van der Waals surface area contributed by atoms with Crippen molar-refractivity contribution >= 4 is 40.4 Å². The highest BCUT2D eigenvalue weighted by Crippen LogP contribution is 2.41. The molecule has 0 aliphatic carbocycles. The summed E-state index contributed by atoms with van der Waals surface area (Å²) >= 11 is 7.35. The van der Waals surface area contributed by atoms with Gasteiger partial charge in [0.1, 0.15) is 5.76 Å². The van der Waals surface area contributed by atoms with Crippen LogP contribution in [-0.2, 0) is 16.1 Å². The standard InChI is InChI=1S/C21H15ClN2O3S/c22-15-5-3-14(4-6-15)19(25)17-18(16-2-1-11-28-16)24(21(27)20(17)26)12-13-7-9-23-10-8-13/h1-11,18,25H,12H2/b19-17-. The Balaban J connectivity index is 1.83. The Hall–Kier alpha value is -2.96. The monoisotopic (exact) mass is 410 g/mol. The Kier molecular flexibility index (Phi) is 4.98. The van der Waals surface area contributed by atoms with Crippen LogP contribution in [0.15, 0.2) is 71.9 Å². The molecule has 28 heavy (non-hydrogen) atoms. The van der Waals surface area contributed by atoms with Crippen molar-refractivity contribution in [2.45, 2.75) is 12.6 Å². The number of aromatic nitrogens is 1. The molecule has 5 nitrogen and oxygen atoms in total. The van der Waals surface area contributed by atoms with Gasteiger partial charge in [-0.2, -0.15) is 0 Å². The number of hydrogen-bond acceptors (Lipinski definition) is 5. The van der Waals surface area contributed by atoms with Gasteiger partial charge in [-0.15, -0.1) is 11.3 Å². The number of carbonyl (C=O) groups excluding carboxylic acids is 2. The normalized spacial score (nSPS) is 18.6. The third kappa shape index (κ3) is 3.32. The maximum Gasteiger partial charge on any atom is 0.295 e. The number of likely N-dealkylation sites (tertiary alicyclic amines) is 1. The van der Waals surface area contributed by atoms with Crippen LogP contribution in [0.2, 0.25) is 5.02 Å². The number of nitrogens with zero attached hydrogens (tertiary/aromatic N) is 2. The van der Waals surface area contributed by atoms with E-state index in [0.29, 0.717) is 10.6 Å². The van der Waals surface area contributed by atoms with Crippen molar-refractivity contribution < 1.29 is 14.7 Å². The number of amides is 1. The van der Waals surface area contributed by atoms with Crippen LogP contribution in [0.5, 0.6) is 0 Å². The summed E-state index contributed by atoms with van der Waals surface area (Å²) in [5.74, 6) is -1.53. The van der Waals surface area contributed by atoms with E-state index in [-0.39, 0.29) is 17.9 Å². The molecule has 2 aromatic heterocycles. The van der Waals surface area contributed by atoms with Crippen molar-refractivity contribution in [1.82, 2.24) is 9.88 Å². The highest BCUT2D eigenvalue weighted by atomic mass is 35.5. The molecule has 1 amide bonds. The predicted octanol–water partition coefficient (Wildman–Crippen LogP) is 4.42. The van der Waals surface area contributed by atoms with Crippen LogP contribution < -0.4 is 0 Å². The summed E-state index contributed by atoms with van der Waals surface area (Å²) in [5, 5.41) is 13.3. The number of benzene rings is 1. The van der Waals surface area contributed by atoms with E-state index in [1.54, 1.807) is 48.8 Å². The third-order valence-electron chi connectivity index (χ3n) is 4.57. The first-order chi connectivity index (χ1) is 13.6. The minimum absolute atomic E-state index is 0.0869. The lowest BCUT2D eigenvalue weighted by Crippen LogP contribution is -2.28. The highest BCUT2D eigenvalue weighted by Gasteiger charge is 2.46. The summed E-state index contributed by atoms with van der Waals surface area (Å²) in [6.07, 6.45) is 3.28. The molecule has 0 bridgehead atoms. The molecule has 1 aliphatic heterocycles. The Morgan fingerprint density at radius 1 is 1.11 bits per heavy atom. The molecule has 0 radical (unpaired) electrons. The molecule has 4 rings (SSSR count). The second-order valence-corrected chi connectivity index (χ2v) is 7.72. The van der Waals surface area contributed by atoms with Crippen molar-refractivity contribution in [2.75, 3.05) is 0 Å². The minimum Gasteiger partial charge on any atom is -0.507 e. The van der Waals surface area contributed by atoms with Gasteiger partial charge in [0, 0.05) is 34.4 Å². The Morgan fingerprint density at radius 2 is 1.82 bits per heavy atom. The van der Waals surface area contributed by atoms with Crippen LogP contribution in [0.4, 0.5) is 0 Å². The lowest BCUT2D eigenvalue weighted by atomic mass is 10.00. The maximum absolute atomic E-state index is 12.9. The summed E-state index contributed by atoms with van der Waals surface area (Å²) in [6.45, 7) is 0.243. The molecule has 1 atom stereocenters. The molecule has 1 N–H and O–H groups in total. The molecule has 3 aromatic rings. The Morgan fingerprint density at radius 3 is 2.46 bits per heavy atom. The molecule has 1 aliphatic rings. The molecule has 0 saturated carbocycles. The van der Waals surface area contributed by atoms with E-state index in [9.17, 15) is 14.7 Å². The number of carbonyl (C=O) groups is 2. The molecule has 1 unspecified atom stereocenters. The SMILES string of the molecule is O=C1C(=O)N(Cc2ccncc2)C(c2cccs2)/C1=C(/O)c1ccc(Cl)cc1. The molecule has 140 valence electrons. The zero-order chi connectivity index (χ0) is 19.7. The molecule has 3 heterocycles. The Labute approximate surface area is 170 Å². The second-order valence-electron chi connectivity index (χ2n) is 6.30. The molecule has 0 spiro atoms. The van der Waals surface area contributed by atoms with Gasteiger partial charge in [0.25, 0.3) is 11.7 Å². The molecule has 1 fully saturated rings. The number of ketones is 1. The van der Waals surface area contributed by atoms with Crippen molar-refractivity contribution in [2.24, 2.45) is 0 Å². The highest BCUT2D eigenvalue weighted by molar-refractivity contribution is 7.10. The van der Waals surface area contributed by atoms with Gasteiger partial charge in [0.15, 0.2) is 0 Å². The predicted molar refractivity (Wildman–Crippen MR) is 108 cm³/mol. The first kappa shape index (κ1) is 18.4. The number of thiophene rings is 1. The maximum atomic E-state index is 12.9. The molecular weight excluding hydrogens is 396 g/mol. The fourth-order valence-corrected chi connectivity index (χ4v) is 4.21. The van der Waals surface area contributed by atoms with Crippen LogP contribution in [0, 0.1) is 0 Å². The van der Waals surface area contributed by atoms with Gasteiger partial charge in [-0.3, -0.25) is 14.6 Å². The molecule has 1 saturated heterocycles. The van der Waals surface area contributed by atoms with Crippen LogP contribution in [0.3, 0.4) is 0 Å². The van der Waals surface area contributed by atoms with Gasteiger partial charge in [-0.05, 0) is 53.4 Å². The zero-order valence-corrected chi connectivity index (χ0v) is 16.2. The van der Waals surface area contributed by atoms with Gasteiger partial charge >= 0.3 is 0 Å². The second kappa shape index (κ2) is 7.58. The average Bonchev–Trinajstić information content (AvgIpc) is 3.32. The number of aliphatic hydroxyl groups excluding tert-OH is 1. The van der Waals surface area contributed by atoms with E-state index in [0.717, 1.165) is 10.4 Å². The van der Waals surface area contributed by atoms with Crippen LogP contribution in [0.1, 0.15) is 22.0 Å². The summed E-state index contributed by atoms with van der Waals surface area (Å²) in [6, 6.07) is 13.2. The summed E-state index contributed by atoms with van der Waals surface area (Å²) in [7, 11) is 0. The average molecular weight is 411 g/mol. The van der Waals surface area contributed by atoms with Gasteiger partial charge in [-0.1, -0.05) is 17.7 Å². The fourth-order valence-electron chi connectivity index (χ4n) is 3.23. The number of pyridine rings is 1. The summed E-state index contributed by atoms with van der Waals surface area (Å²) in [4.78, 5) is 31.9. The van der Waals surface area contributed by atoms with Gasteiger partial charge in [0.05, 0.1) is 11.6 Å². The number of halogens is 1. The van der Waals surface area contributed by atoms with Crippen LogP contribution >= 0.6 is 22.9 Å². The fraction of sp³-hybridized carbons (Fsp3) is 0.0952. The lowest BCUT2D eigenvalue weighted by Gasteiger charge is -2.24. The van der Waals surface area contributed by atoms with Crippen molar-refractivity contribution in [1.29, 1.82) is 0 Å². The first-order valence-corrected chi connectivity index (χ1v) is 9.78. The first-order valence-electron chi connectivity index (χ1n) is 8.53. The zero-order valence-electron chi connectivity index (χ0n) is 14.6. The Bertz CT molecular complexity index is 1050. The van der Waals surface area contributed by atoms with Crippen LogP contribution in [0.25, 0.3) is 5.76 Å². The summed E-state index contributed by atoms with van der Waals surface area (Å²) < 4.78 is 0. The minimum atomic E-state index is -0.695. The topological polar surface area (TPSA) is 70.5 Å². The molecule has 1 aromatic carbocycles. The molecular formula is C21H15ClN2O3S. The van der Waals surface area contributed by atoms with E-state index < -0.39 is 17.7 Å². The van der Waals surface area contributed by atoms with Crippen molar-refractivity contribution in [3.63, 3.8) is 0 Å². The van der Waals surface area contributed by atoms with E-state index in [4.69, 9.17) is 11.6 Å². The van der Waals surface area contributed by atoms with Gasteiger partial charge in [-0.25, -0.2) is 0 Å². The smallest absolute Gasteiger partial charge is 0.295 e. The van der Waals surface area contributed by atoms with E-state index in [1.165, 1.54) is 16.2 Å². The van der Waals surface area contributed by atoms with E-state index in [2.05, 4.69) is 4.98 Å². The van der Waals surface area contributed by atoms with Crippen LogP contribution in [-0.4, -0.2) is 26.7 Å². The lowest BCUT2D eigenvalue weighted by molar-refractivity contribution is -0.140. The number of Topliss-reactive ketones (excluding diaryl/α,β-unsaturated/α-hetero) is 1. The number of rotatable bonds is 4. The summed E-state index contributed by atoms with van der Waals surface area (Å²) in [5.41, 5.74) is 1.38. The van der Waals surface area contributed by atoms with Gasteiger partial charge in [0.2, 0.25) is 0 Å². The number of aliphatic hydroxyl groups is 1. The van der Waals surface area contributed by atoms with Crippen molar-refractivity contribution in [3.05, 3.63) is 92.9 Å².